The average molecular weight is 326 g/mol. The van der Waals surface area contributed by atoms with Gasteiger partial charge in [-0.25, -0.2) is 4.98 Å². The fraction of sp³-hybridized carbons (Fsp3) is 0.0769. The van der Waals surface area contributed by atoms with Crippen molar-refractivity contribution in [3.05, 3.63) is 57.3 Å². The van der Waals surface area contributed by atoms with Crippen LogP contribution in [-0.4, -0.2) is 10.9 Å². The number of carbonyl (C=O) groups excluding carboxylic acids is 1. The maximum absolute atomic E-state index is 12.1. The van der Waals surface area contributed by atoms with E-state index in [4.69, 9.17) is 11.6 Å². The van der Waals surface area contributed by atoms with Crippen LogP contribution in [0.3, 0.4) is 0 Å². The van der Waals surface area contributed by atoms with Crippen LogP contribution in [0.4, 0.5) is 5.69 Å². The molecule has 92 valence electrons. The number of rotatable bonds is 2. The topological polar surface area (TPSA) is 42.0 Å². The van der Waals surface area contributed by atoms with E-state index in [0.29, 0.717) is 20.9 Å². The molecule has 0 aliphatic carbocycles. The molecule has 0 saturated carbocycles. The summed E-state index contributed by atoms with van der Waals surface area (Å²) in [6, 6.07) is 8.70. The third-order valence-electron chi connectivity index (χ3n) is 2.44. The molecular weight excluding hydrogens is 316 g/mol. The third kappa shape index (κ3) is 2.89. The molecule has 0 bridgehead atoms. The number of amides is 1. The minimum atomic E-state index is -0.183. The van der Waals surface area contributed by atoms with Crippen molar-refractivity contribution in [3.63, 3.8) is 0 Å². The molecule has 5 heteroatoms. The van der Waals surface area contributed by atoms with Crippen molar-refractivity contribution in [1.82, 2.24) is 4.98 Å². The first kappa shape index (κ1) is 13.1. The minimum Gasteiger partial charge on any atom is -0.320 e. The highest BCUT2D eigenvalue weighted by Gasteiger charge is 2.11. The summed E-state index contributed by atoms with van der Waals surface area (Å²) in [6.07, 6.45) is 1.65. The highest BCUT2D eigenvalue weighted by atomic mass is 79.9. The van der Waals surface area contributed by atoms with Crippen molar-refractivity contribution in [2.45, 2.75) is 6.92 Å². The first-order valence-electron chi connectivity index (χ1n) is 5.26. The lowest BCUT2D eigenvalue weighted by Crippen LogP contribution is -2.13. The zero-order chi connectivity index (χ0) is 13.1. The van der Waals surface area contributed by atoms with Crippen LogP contribution in [0, 0.1) is 6.92 Å². The molecule has 2 aromatic rings. The predicted molar refractivity (Wildman–Crippen MR) is 76.1 cm³/mol. The lowest BCUT2D eigenvalue weighted by atomic mass is 10.1. The standard InChI is InChI=1S/C13H10BrClN2O/c1-8-7-9(15)4-5-10(8)13(18)17-11-3-2-6-16-12(11)14/h2-7H,1H3,(H,17,18). The number of pyridine rings is 1. The van der Waals surface area contributed by atoms with Crippen molar-refractivity contribution in [2.24, 2.45) is 0 Å². The van der Waals surface area contributed by atoms with Crippen LogP contribution in [0.5, 0.6) is 0 Å². The van der Waals surface area contributed by atoms with E-state index in [1.54, 1.807) is 36.5 Å². The number of hydrogen-bond donors (Lipinski definition) is 1. The number of halogens is 2. The molecule has 0 aliphatic heterocycles. The first-order valence-corrected chi connectivity index (χ1v) is 6.43. The summed E-state index contributed by atoms with van der Waals surface area (Å²) in [4.78, 5) is 16.1. The molecule has 0 radical (unpaired) electrons. The Balaban J connectivity index is 2.25. The Labute approximate surface area is 118 Å². The van der Waals surface area contributed by atoms with E-state index in [0.717, 1.165) is 5.56 Å². The zero-order valence-corrected chi connectivity index (χ0v) is 11.9. The average Bonchev–Trinajstić information content (AvgIpc) is 2.32. The number of benzene rings is 1. The smallest absolute Gasteiger partial charge is 0.256 e. The molecule has 2 rings (SSSR count). The Kier molecular flexibility index (Phi) is 3.99. The Morgan fingerprint density at radius 1 is 1.39 bits per heavy atom. The van der Waals surface area contributed by atoms with Crippen molar-refractivity contribution >= 4 is 39.1 Å². The van der Waals surface area contributed by atoms with Crippen LogP contribution in [0.2, 0.25) is 5.02 Å². The fourth-order valence-corrected chi connectivity index (χ4v) is 2.13. The molecule has 0 atom stereocenters. The summed E-state index contributed by atoms with van der Waals surface area (Å²) < 4.78 is 0.602. The maximum atomic E-state index is 12.1. The molecule has 0 spiro atoms. The molecule has 1 N–H and O–H groups in total. The molecule has 3 nitrogen and oxygen atoms in total. The van der Waals surface area contributed by atoms with Crippen LogP contribution in [0.15, 0.2) is 41.1 Å². The van der Waals surface area contributed by atoms with E-state index < -0.39 is 0 Å². The summed E-state index contributed by atoms with van der Waals surface area (Å²) in [5, 5.41) is 3.41. The van der Waals surface area contributed by atoms with Crippen molar-refractivity contribution in [1.29, 1.82) is 0 Å². The van der Waals surface area contributed by atoms with Gasteiger partial charge in [0.25, 0.3) is 5.91 Å². The Bertz CT molecular complexity index is 601. The Morgan fingerprint density at radius 3 is 2.83 bits per heavy atom. The van der Waals surface area contributed by atoms with Gasteiger partial charge in [-0.1, -0.05) is 11.6 Å². The van der Waals surface area contributed by atoms with Gasteiger partial charge in [0, 0.05) is 16.8 Å². The molecule has 1 aromatic heterocycles. The van der Waals surface area contributed by atoms with Crippen molar-refractivity contribution in [3.8, 4) is 0 Å². The largest absolute Gasteiger partial charge is 0.320 e. The molecular formula is C13H10BrClN2O. The van der Waals surface area contributed by atoms with Gasteiger partial charge in [-0.05, 0) is 58.7 Å². The van der Waals surface area contributed by atoms with E-state index in [-0.39, 0.29) is 5.91 Å². The second kappa shape index (κ2) is 5.50. The Hall–Kier alpha value is -1.39. The first-order chi connectivity index (χ1) is 8.58. The van der Waals surface area contributed by atoms with Crippen LogP contribution in [0.1, 0.15) is 15.9 Å². The normalized spacial score (nSPS) is 10.2. The van der Waals surface area contributed by atoms with E-state index in [1.165, 1.54) is 0 Å². The second-order valence-electron chi connectivity index (χ2n) is 3.76. The summed E-state index contributed by atoms with van der Waals surface area (Å²) in [5.41, 5.74) is 2.06. The molecule has 1 amide bonds. The van der Waals surface area contributed by atoms with Gasteiger partial charge >= 0.3 is 0 Å². The molecule has 18 heavy (non-hydrogen) atoms. The van der Waals surface area contributed by atoms with Gasteiger partial charge in [0.05, 0.1) is 5.69 Å². The molecule has 1 aromatic carbocycles. The quantitative estimate of drug-likeness (QED) is 0.846. The van der Waals surface area contributed by atoms with Gasteiger partial charge in [0.15, 0.2) is 0 Å². The van der Waals surface area contributed by atoms with E-state index in [1.807, 2.05) is 6.92 Å². The van der Waals surface area contributed by atoms with E-state index in [9.17, 15) is 4.79 Å². The molecule has 0 unspecified atom stereocenters. The van der Waals surface area contributed by atoms with Gasteiger partial charge in [0.2, 0.25) is 0 Å². The highest BCUT2D eigenvalue weighted by molar-refractivity contribution is 9.10. The summed E-state index contributed by atoms with van der Waals surface area (Å²) in [7, 11) is 0. The monoisotopic (exact) mass is 324 g/mol. The summed E-state index contributed by atoms with van der Waals surface area (Å²) in [6.45, 7) is 1.85. The van der Waals surface area contributed by atoms with Crippen LogP contribution >= 0.6 is 27.5 Å². The zero-order valence-electron chi connectivity index (χ0n) is 9.58. The molecule has 1 heterocycles. The Morgan fingerprint density at radius 2 is 2.17 bits per heavy atom. The van der Waals surface area contributed by atoms with E-state index >= 15 is 0 Å². The van der Waals surface area contributed by atoms with Crippen LogP contribution in [-0.2, 0) is 0 Å². The number of aryl methyl sites for hydroxylation is 1. The number of carbonyl (C=O) groups is 1. The van der Waals surface area contributed by atoms with Crippen molar-refractivity contribution < 1.29 is 4.79 Å². The lowest BCUT2D eigenvalue weighted by molar-refractivity contribution is 0.102. The number of nitrogens with zero attached hydrogens (tertiary/aromatic N) is 1. The molecule has 0 saturated heterocycles. The van der Waals surface area contributed by atoms with Crippen LogP contribution < -0.4 is 5.32 Å². The van der Waals surface area contributed by atoms with Crippen LogP contribution in [0.25, 0.3) is 0 Å². The minimum absolute atomic E-state index is 0.183. The number of anilines is 1. The van der Waals surface area contributed by atoms with Gasteiger partial charge in [-0.15, -0.1) is 0 Å². The number of nitrogens with one attached hydrogen (secondary N) is 1. The van der Waals surface area contributed by atoms with Gasteiger partial charge in [0.1, 0.15) is 4.60 Å². The van der Waals surface area contributed by atoms with E-state index in [2.05, 4.69) is 26.2 Å². The fourth-order valence-electron chi connectivity index (χ4n) is 1.55. The second-order valence-corrected chi connectivity index (χ2v) is 4.94. The third-order valence-corrected chi connectivity index (χ3v) is 3.31. The molecule has 0 aliphatic rings. The number of hydrogen-bond acceptors (Lipinski definition) is 2. The summed E-state index contributed by atoms with van der Waals surface area (Å²) in [5.74, 6) is -0.183. The predicted octanol–water partition coefficient (Wildman–Crippen LogP) is 4.06. The lowest BCUT2D eigenvalue weighted by Gasteiger charge is -2.08. The van der Waals surface area contributed by atoms with Gasteiger partial charge in [-0.3, -0.25) is 4.79 Å². The highest BCUT2D eigenvalue weighted by Crippen LogP contribution is 2.21. The SMILES string of the molecule is Cc1cc(Cl)ccc1C(=O)Nc1cccnc1Br. The van der Waals surface area contributed by atoms with Gasteiger partial charge < -0.3 is 5.32 Å². The molecule has 0 fully saturated rings. The van der Waals surface area contributed by atoms with Crippen molar-refractivity contribution in [2.75, 3.05) is 5.32 Å². The van der Waals surface area contributed by atoms with Gasteiger partial charge in [-0.2, -0.15) is 0 Å². The maximum Gasteiger partial charge on any atom is 0.256 e. The number of aromatic nitrogens is 1. The summed E-state index contributed by atoms with van der Waals surface area (Å²) >= 11 is 9.14.